The van der Waals surface area contributed by atoms with Gasteiger partial charge in [0.2, 0.25) is 0 Å². The zero-order valence-corrected chi connectivity index (χ0v) is 6.68. The summed E-state index contributed by atoms with van der Waals surface area (Å²) in [5, 5.41) is 0. The molecule has 0 aliphatic heterocycles. The number of ketones is 1. The SMILES string of the molecule is O=C1C=CC2[C@H]3C=CC1[C@H]2C=C3. The summed E-state index contributed by atoms with van der Waals surface area (Å²) in [6.07, 6.45) is 12.5. The van der Waals surface area contributed by atoms with Crippen molar-refractivity contribution in [3.63, 3.8) is 0 Å². The van der Waals surface area contributed by atoms with Crippen molar-refractivity contribution >= 4 is 5.78 Å². The van der Waals surface area contributed by atoms with Crippen molar-refractivity contribution in [2.24, 2.45) is 23.7 Å². The van der Waals surface area contributed by atoms with Gasteiger partial charge in [-0.05, 0) is 17.9 Å². The van der Waals surface area contributed by atoms with E-state index in [0.29, 0.717) is 17.8 Å². The van der Waals surface area contributed by atoms with Crippen LogP contribution >= 0.6 is 0 Å². The van der Waals surface area contributed by atoms with Crippen LogP contribution in [0.2, 0.25) is 0 Å². The van der Waals surface area contributed by atoms with Crippen LogP contribution in [0.1, 0.15) is 0 Å². The summed E-state index contributed by atoms with van der Waals surface area (Å²) in [5.74, 6) is 2.04. The van der Waals surface area contributed by atoms with E-state index in [2.05, 4.69) is 30.4 Å². The summed E-state index contributed by atoms with van der Waals surface area (Å²) in [7, 11) is 0. The van der Waals surface area contributed by atoms with E-state index in [1.807, 2.05) is 0 Å². The summed E-state index contributed by atoms with van der Waals surface area (Å²) in [5.41, 5.74) is 0. The van der Waals surface area contributed by atoms with Gasteiger partial charge in [0.05, 0.1) is 0 Å². The molecule has 0 fully saturated rings. The second-order valence-electron chi connectivity index (χ2n) is 3.79. The molecule has 0 aromatic carbocycles. The van der Waals surface area contributed by atoms with Crippen LogP contribution in [0.3, 0.4) is 0 Å². The van der Waals surface area contributed by atoms with Gasteiger partial charge in [-0.3, -0.25) is 4.79 Å². The standard InChI is InChI=1S/C11H10O/c12-11-6-5-8-7-1-3-9(8)10(11)4-2-7/h1-10H/t7-,8?,9+,10?/m1/s1. The van der Waals surface area contributed by atoms with E-state index < -0.39 is 0 Å². The molecule has 60 valence electrons. The molecule has 3 aliphatic rings. The zero-order chi connectivity index (χ0) is 8.13. The van der Waals surface area contributed by atoms with E-state index >= 15 is 0 Å². The van der Waals surface area contributed by atoms with Gasteiger partial charge in [0.1, 0.15) is 0 Å². The second kappa shape index (κ2) is 1.98. The molecule has 0 spiro atoms. The molecule has 0 heterocycles. The smallest absolute Gasteiger partial charge is 0.162 e. The molecule has 2 unspecified atom stereocenters. The van der Waals surface area contributed by atoms with Gasteiger partial charge >= 0.3 is 0 Å². The Bertz CT molecular complexity index is 322. The fourth-order valence-corrected chi connectivity index (χ4v) is 2.56. The molecule has 0 aromatic rings. The fourth-order valence-electron chi connectivity index (χ4n) is 2.56. The van der Waals surface area contributed by atoms with Crippen molar-refractivity contribution in [2.45, 2.75) is 0 Å². The highest BCUT2D eigenvalue weighted by Crippen LogP contribution is 2.44. The van der Waals surface area contributed by atoms with Gasteiger partial charge in [-0.25, -0.2) is 0 Å². The summed E-state index contributed by atoms with van der Waals surface area (Å²) >= 11 is 0. The van der Waals surface area contributed by atoms with Gasteiger partial charge in [-0.2, -0.15) is 0 Å². The first-order valence-corrected chi connectivity index (χ1v) is 4.45. The van der Waals surface area contributed by atoms with Crippen molar-refractivity contribution in [3.05, 3.63) is 36.5 Å². The van der Waals surface area contributed by atoms with Crippen molar-refractivity contribution in [1.82, 2.24) is 0 Å². The van der Waals surface area contributed by atoms with E-state index in [4.69, 9.17) is 0 Å². The molecule has 0 radical (unpaired) electrons. The minimum absolute atomic E-state index is 0.148. The maximum Gasteiger partial charge on any atom is 0.162 e. The molecular weight excluding hydrogens is 148 g/mol. The average molecular weight is 158 g/mol. The number of carbonyl (C=O) groups is 1. The van der Waals surface area contributed by atoms with Crippen molar-refractivity contribution < 1.29 is 4.79 Å². The van der Waals surface area contributed by atoms with E-state index in [-0.39, 0.29) is 11.7 Å². The van der Waals surface area contributed by atoms with Crippen molar-refractivity contribution in [1.29, 1.82) is 0 Å². The van der Waals surface area contributed by atoms with Crippen LogP contribution in [0.5, 0.6) is 0 Å². The molecule has 4 bridgehead atoms. The Morgan fingerprint density at radius 3 is 2.67 bits per heavy atom. The van der Waals surface area contributed by atoms with E-state index in [1.54, 1.807) is 6.08 Å². The normalized spacial score (nSPS) is 47.2. The van der Waals surface area contributed by atoms with Gasteiger partial charge < -0.3 is 0 Å². The topological polar surface area (TPSA) is 17.1 Å². The predicted octanol–water partition coefficient (Wildman–Crippen LogP) is 1.73. The van der Waals surface area contributed by atoms with Gasteiger partial charge in [-0.15, -0.1) is 0 Å². The number of rotatable bonds is 0. The van der Waals surface area contributed by atoms with Gasteiger partial charge in [0, 0.05) is 11.8 Å². The summed E-state index contributed by atoms with van der Waals surface area (Å²) in [6.45, 7) is 0. The van der Waals surface area contributed by atoms with Crippen LogP contribution in [-0.4, -0.2) is 5.78 Å². The van der Waals surface area contributed by atoms with E-state index in [1.165, 1.54) is 0 Å². The first kappa shape index (κ1) is 6.41. The lowest BCUT2D eigenvalue weighted by Gasteiger charge is -2.32. The molecule has 0 aromatic heterocycles. The maximum atomic E-state index is 11.4. The third-order valence-corrected chi connectivity index (χ3v) is 3.21. The second-order valence-corrected chi connectivity index (χ2v) is 3.79. The lowest BCUT2D eigenvalue weighted by molar-refractivity contribution is -0.118. The maximum absolute atomic E-state index is 11.4. The largest absolute Gasteiger partial charge is 0.294 e. The minimum Gasteiger partial charge on any atom is -0.294 e. The van der Waals surface area contributed by atoms with Gasteiger partial charge in [0.25, 0.3) is 0 Å². The van der Waals surface area contributed by atoms with Crippen LogP contribution in [0.15, 0.2) is 36.5 Å². The van der Waals surface area contributed by atoms with Crippen LogP contribution < -0.4 is 0 Å². The third-order valence-electron chi connectivity index (χ3n) is 3.21. The molecule has 12 heavy (non-hydrogen) atoms. The van der Waals surface area contributed by atoms with Crippen LogP contribution in [0.4, 0.5) is 0 Å². The van der Waals surface area contributed by atoms with Crippen molar-refractivity contribution in [2.75, 3.05) is 0 Å². The molecule has 1 nitrogen and oxygen atoms in total. The Morgan fingerprint density at radius 1 is 0.917 bits per heavy atom. The molecule has 4 atom stereocenters. The molecule has 3 aliphatic carbocycles. The highest BCUT2D eigenvalue weighted by molar-refractivity contribution is 5.95. The summed E-state index contributed by atoms with van der Waals surface area (Å²) in [4.78, 5) is 11.4. The highest BCUT2D eigenvalue weighted by Gasteiger charge is 2.41. The van der Waals surface area contributed by atoms with E-state index in [9.17, 15) is 4.79 Å². The molecule has 1 heteroatoms. The highest BCUT2D eigenvalue weighted by atomic mass is 16.1. The Morgan fingerprint density at radius 2 is 1.75 bits per heavy atom. The van der Waals surface area contributed by atoms with Crippen LogP contribution in [0.25, 0.3) is 0 Å². The first-order valence-electron chi connectivity index (χ1n) is 4.45. The molecule has 0 saturated heterocycles. The average Bonchev–Trinajstić information content (AvgIpc) is 2.32. The Balaban J connectivity index is 2.16. The van der Waals surface area contributed by atoms with E-state index in [0.717, 1.165) is 0 Å². The number of hydrogen-bond acceptors (Lipinski definition) is 1. The molecule has 0 saturated carbocycles. The predicted molar refractivity (Wildman–Crippen MR) is 46.4 cm³/mol. The quantitative estimate of drug-likeness (QED) is 0.491. The lowest BCUT2D eigenvalue weighted by atomic mass is 9.70. The van der Waals surface area contributed by atoms with Crippen molar-refractivity contribution in [3.8, 4) is 0 Å². The number of carbonyl (C=O) groups excluding carboxylic acids is 1. The molecule has 0 N–H and O–H groups in total. The number of hydrogen-bond donors (Lipinski definition) is 0. The molecule has 3 rings (SSSR count). The zero-order valence-electron chi connectivity index (χ0n) is 6.68. The Kier molecular flexibility index (Phi) is 1.06. The first-order chi connectivity index (χ1) is 5.86. The third kappa shape index (κ3) is 0.619. The minimum atomic E-state index is 0.148. The van der Waals surface area contributed by atoms with Crippen LogP contribution in [0, 0.1) is 23.7 Å². The summed E-state index contributed by atoms with van der Waals surface area (Å²) < 4.78 is 0. The molecule has 0 amide bonds. The Labute approximate surface area is 71.5 Å². The molecular formula is C11H10O. The monoisotopic (exact) mass is 158 g/mol. The van der Waals surface area contributed by atoms with Gasteiger partial charge in [-0.1, -0.05) is 30.4 Å². The number of allylic oxidation sites excluding steroid dienone is 6. The Hall–Kier alpha value is -1.11. The van der Waals surface area contributed by atoms with Gasteiger partial charge in [0.15, 0.2) is 5.78 Å². The lowest BCUT2D eigenvalue weighted by Crippen LogP contribution is -2.32. The fraction of sp³-hybridized carbons (Fsp3) is 0.364. The van der Waals surface area contributed by atoms with Crippen LogP contribution in [-0.2, 0) is 4.79 Å². The summed E-state index contributed by atoms with van der Waals surface area (Å²) in [6, 6.07) is 0.